The topological polar surface area (TPSA) is 12.0 Å². The Morgan fingerprint density at radius 3 is 2.58 bits per heavy atom. The van der Waals surface area contributed by atoms with Gasteiger partial charge in [0.2, 0.25) is 0 Å². The van der Waals surface area contributed by atoms with Crippen molar-refractivity contribution in [1.82, 2.24) is 0 Å². The molecule has 2 rings (SSSR count). The maximum absolute atomic E-state index is 6.16. The molecule has 0 aliphatic heterocycles. The van der Waals surface area contributed by atoms with Crippen LogP contribution in [0.5, 0.6) is 0 Å². The largest absolute Gasteiger partial charge is 0.383 e. The minimum atomic E-state index is 0.452. The zero-order valence-electron chi connectivity index (χ0n) is 11.1. The van der Waals surface area contributed by atoms with Crippen LogP contribution in [0.25, 0.3) is 0 Å². The Labute approximate surface area is 128 Å². The molecule has 0 aliphatic carbocycles. The van der Waals surface area contributed by atoms with Gasteiger partial charge in [0, 0.05) is 21.7 Å². The molecule has 1 unspecified atom stereocenters. The van der Waals surface area contributed by atoms with Crippen LogP contribution in [-0.4, -0.2) is 6.54 Å². The molecule has 0 saturated heterocycles. The summed E-state index contributed by atoms with van der Waals surface area (Å²) < 4.78 is 1.05. The molecule has 0 heterocycles. The fourth-order valence-electron chi connectivity index (χ4n) is 1.94. The van der Waals surface area contributed by atoms with Gasteiger partial charge in [-0.05, 0) is 52.0 Å². The summed E-state index contributed by atoms with van der Waals surface area (Å²) in [6, 6.07) is 14.5. The van der Waals surface area contributed by atoms with Crippen molar-refractivity contribution in [2.24, 2.45) is 0 Å². The van der Waals surface area contributed by atoms with Crippen LogP contribution in [0.3, 0.4) is 0 Å². The van der Waals surface area contributed by atoms with Crippen molar-refractivity contribution < 1.29 is 0 Å². The van der Waals surface area contributed by atoms with E-state index in [9.17, 15) is 0 Å². The highest BCUT2D eigenvalue weighted by Crippen LogP contribution is 2.29. The quantitative estimate of drug-likeness (QED) is 0.762. The Morgan fingerprint density at radius 2 is 1.89 bits per heavy atom. The van der Waals surface area contributed by atoms with E-state index in [4.69, 9.17) is 11.6 Å². The lowest BCUT2D eigenvalue weighted by atomic mass is 10.0. The first-order valence-corrected chi connectivity index (χ1v) is 7.49. The molecule has 0 saturated carbocycles. The molecular formula is C16H17BrClN. The van der Waals surface area contributed by atoms with Gasteiger partial charge in [-0.3, -0.25) is 0 Å². The zero-order valence-corrected chi connectivity index (χ0v) is 13.4. The summed E-state index contributed by atoms with van der Waals surface area (Å²) >= 11 is 9.72. The van der Waals surface area contributed by atoms with E-state index in [0.29, 0.717) is 5.92 Å². The van der Waals surface area contributed by atoms with Gasteiger partial charge in [-0.1, -0.05) is 48.9 Å². The molecule has 2 aromatic rings. The third-order valence-corrected chi connectivity index (χ3v) is 4.28. The Balaban J connectivity index is 2.05. The number of nitrogens with one attached hydrogen (secondary N) is 1. The normalized spacial score (nSPS) is 12.2. The fourth-order valence-corrected chi connectivity index (χ4v) is 2.71. The smallest absolute Gasteiger partial charge is 0.0499 e. The number of benzene rings is 2. The van der Waals surface area contributed by atoms with Crippen LogP contribution in [0.4, 0.5) is 5.69 Å². The van der Waals surface area contributed by atoms with Gasteiger partial charge in [-0.2, -0.15) is 0 Å². The lowest BCUT2D eigenvalue weighted by molar-refractivity contribution is 0.804. The molecule has 100 valence electrons. The molecule has 0 fully saturated rings. The highest BCUT2D eigenvalue weighted by Gasteiger charge is 2.07. The van der Waals surface area contributed by atoms with Crippen molar-refractivity contribution in [1.29, 1.82) is 0 Å². The Morgan fingerprint density at radius 1 is 1.21 bits per heavy atom. The van der Waals surface area contributed by atoms with E-state index in [1.807, 2.05) is 25.1 Å². The van der Waals surface area contributed by atoms with Gasteiger partial charge in [0.25, 0.3) is 0 Å². The van der Waals surface area contributed by atoms with E-state index >= 15 is 0 Å². The highest BCUT2D eigenvalue weighted by atomic mass is 79.9. The molecule has 2 aromatic carbocycles. The molecule has 0 radical (unpaired) electrons. The summed E-state index contributed by atoms with van der Waals surface area (Å²) in [5.74, 6) is 0.452. The van der Waals surface area contributed by atoms with Crippen LogP contribution in [0.15, 0.2) is 46.9 Å². The first kappa shape index (κ1) is 14.4. The minimum absolute atomic E-state index is 0.452. The number of hydrogen-bond acceptors (Lipinski definition) is 1. The fraction of sp³-hybridized carbons (Fsp3) is 0.250. The van der Waals surface area contributed by atoms with Crippen LogP contribution in [0, 0.1) is 6.92 Å². The highest BCUT2D eigenvalue weighted by molar-refractivity contribution is 9.10. The maximum Gasteiger partial charge on any atom is 0.0499 e. The third-order valence-electron chi connectivity index (χ3n) is 3.22. The van der Waals surface area contributed by atoms with E-state index in [-0.39, 0.29) is 0 Å². The molecule has 0 aliphatic rings. The van der Waals surface area contributed by atoms with Crippen molar-refractivity contribution in [2.75, 3.05) is 11.9 Å². The molecular weight excluding hydrogens is 322 g/mol. The zero-order chi connectivity index (χ0) is 13.8. The molecule has 0 aromatic heterocycles. The predicted molar refractivity (Wildman–Crippen MR) is 87.2 cm³/mol. The van der Waals surface area contributed by atoms with Crippen LogP contribution in [-0.2, 0) is 0 Å². The second-order valence-corrected chi connectivity index (χ2v) is 6.04. The number of aryl methyl sites for hydroxylation is 1. The van der Waals surface area contributed by atoms with E-state index in [2.05, 4.69) is 52.4 Å². The molecule has 1 N–H and O–H groups in total. The third kappa shape index (κ3) is 3.74. The molecule has 19 heavy (non-hydrogen) atoms. The molecule has 0 bridgehead atoms. The number of rotatable bonds is 4. The van der Waals surface area contributed by atoms with Crippen molar-refractivity contribution in [3.8, 4) is 0 Å². The summed E-state index contributed by atoms with van der Waals surface area (Å²) in [5, 5.41) is 4.24. The second kappa shape index (κ2) is 6.44. The minimum Gasteiger partial charge on any atom is -0.383 e. The standard InChI is InChI=1S/C16H17BrClN/c1-11-8-14(17)16(9-15(11)18)19-10-12(2)13-6-4-3-5-7-13/h3-9,12,19H,10H2,1-2H3. The summed E-state index contributed by atoms with van der Waals surface area (Å²) in [6.45, 7) is 5.09. The lowest BCUT2D eigenvalue weighted by Crippen LogP contribution is -2.10. The number of anilines is 1. The van der Waals surface area contributed by atoms with E-state index < -0.39 is 0 Å². The van der Waals surface area contributed by atoms with Crippen molar-refractivity contribution in [3.63, 3.8) is 0 Å². The summed E-state index contributed by atoms with van der Waals surface area (Å²) in [4.78, 5) is 0. The van der Waals surface area contributed by atoms with E-state index in [1.165, 1.54) is 5.56 Å². The van der Waals surface area contributed by atoms with Gasteiger partial charge < -0.3 is 5.32 Å². The number of halogens is 2. The average Bonchev–Trinajstić information content (AvgIpc) is 2.42. The van der Waals surface area contributed by atoms with Crippen molar-refractivity contribution in [3.05, 3.63) is 63.1 Å². The molecule has 0 spiro atoms. The SMILES string of the molecule is Cc1cc(Br)c(NCC(C)c2ccccc2)cc1Cl. The van der Waals surface area contributed by atoms with Crippen molar-refractivity contribution in [2.45, 2.75) is 19.8 Å². The molecule has 1 nitrogen and oxygen atoms in total. The second-order valence-electron chi connectivity index (χ2n) is 4.77. The van der Waals surface area contributed by atoms with Crippen LogP contribution >= 0.6 is 27.5 Å². The van der Waals surface area contributed by atoms with E-state index in [0.717, 1.165) is 27.3 Å². The summed E-state index contributed by atoms with van der Waals surface area (Å²) in [5.41, 5.74) is 3.46. The van der Waals surface area contributed by atoms with Crippen LogP contribution in [0.2, 0.25) is 5.02 Å². The van der Waals surface area contributed by atoms with Crippen molar-refractivity contribution >= 4 is 33.2 Å². The Hall–Kier alpha value is -0.990. The van der Waals surface area contributed by atoms with Crippen LogP contribution < -0.4 is 5.32 Å². The number of hydrogen-bond donors (Lipinski definition) is 1. The molecule has 3 heteroatoms. The molecule has 1 atom stereocenters. The summed E-state index contributed by atoms with van der Waals surface area (Å²) in [6.07, 6.45) is 0. The lowest BCUT2D eigenvalue weighted by Gasteiger charge is -2.15. The van der Waals surface area contributed by atoms with E-state index in [1.54, 1.807) is 0 Å². The summed E-state index contributed by atoms with van der Waals surface area (Å²) in [7, 11) is 0. The monoisotopic (exact) mass is 337 g/mol. The Bertz CT molecular complexity index is 554. The van der Waals surface area contributed by atoms with Gasteiger partial charge in [-0.15, -0.1) is 0 Å². The van der Waals surface area contributed by atoms with Gasteiger partial charge in [0.1, 0.15) is 0 Å². The van der Waals surface area contributed by atoms with Gasteiger partial charge in [0.15, 0.2) is 0 Å². The molecule has 0 amide bonds. The first-order chi connectivity index (χ1) is 9.08. The van der Waals surface area contributed by atoms with Gasteiger partial charge in [-0.25, -0.2) is 0 Å². The first-order valence-electron chi connectivity index (χ1n) is 6.32. The predicted octanol–water partition coefficient (Wildman–Crippen LogP) is 5.63. The maximum atomic E-state index is 6.16. The Kier molecular flexibility index (Phi) is 4.89. The van der Waals surface area contributed by atoms with Gasteiger partial charge in [0.05, 0.1) is 0 Å². The van der Waals surface area contributed by atoms with Crippen LogP contribution in [0.1, 0.15) is 24.0 Å². The van der Waals surface area contributed by atoms with Gasteiger partial charge >= 0.3 is 0 Å². The average molecular weight is 339 g/mol.